The fraction of sp³-hybridized carbons (Fsp3) is 0.357. The van der Waals surface area contributed by atoms with Gasteiger partial charge in [-0.05, 0) is 47.1 Å². The molecule has 0 saturated carbocycles. The van der Waals surface area contributed by atoms with Crippen LogP contribution in [0, 0.1) is 0 Å². The highest BCUT2D eigenvalue weighted by molar-refractivity contribution is 9.10. The molecule has 0 amide bonds. The third kappa shape index (κ3) is 2.33. The van der Waals surface area contributed by atoms with Crippen LogP contribution in [-0.2, 0) is 5.41 Å². The molecule has 3 rings (SSSR count). The van der Waals surface area contributed by atoms with Crippen LogP contribution in [0.2, 0.25) is 5.02 Å². The predicted molar refractivity (Wildman–Crippen MR) is 81.1 cm³/mol. The Morgan fingerprint density at radius 1 is 1.47 bits per heavy atom. The maximum atomic E-state index is 6.11. The van der Waals surface area contributed by atoms with Crippen molar-refractivity contribution in [1.82, 2.24) is 14.9 Å². The summed E-state index contributed by atoms with van der Waals surface area (Å²) in [5, 5.41) is 4.16. The summed E-state index contributed by atoms with van der Waals surface area (Å²) < 4.78 is 3.15. The van der Waals surface area contributed by atoms with Crippen LogP contribution in [0.1, 0.15) is 19.0 Å². The second kappa shape index (κ2) is 4.93. The standard InChI is InChI=1S/C14H15BrClN3/c1-14(4-5-17-8-14)13-7-18-9-19(13)12-6-10(16)2-3-11(12)15/h2-3,6-7,9,17H,4-5,8H2,1H3. The quantitative estimate of drug-likeness (QED) is 0.906. The minimum atomic E-state index is 0.123. The molecule has 19 heavy (non-hydrogen) atoms. The monoisotopic (exact) mass is 339 g/mol. The summed E-state index contributed by atoms with van der Waals surface area (Å²) in [6, 6.07) is 5.81. The summed E-state index contributed by atoms with van der Waals surface area (Å²) in [5.41, 5.74) is 2.38. The van der Waals surface area contributed by atoms with Crippen LogP contribution < -0.4 is 5.32 Å². The topological polar surface area (TPSA) is 29.9 Å². The molecule has 1 N–H and O–H groups in total. The molecule has 3 nitrogen and oxygen atoms in total. The van der Waals surface area contributed by atoms with Gasteiger partial charge in [0.25, 0.3) is 0 Å². The van der Waals surface area contributed by atoms with Crippen molar-refractivity contribution >= 4 is 27.5 Å². The van der Waals surface area contributed by atoms with Crippen molar-refractivity contribution in [2.45, 2.75) is 18.8 Å². The van der Waals surface area contributed by atoms with Crippen LogP contribution in [0.25, 0.3) is 5.69 Å². The van der Waals surface area contributed by atoms with Gasteiger partial charge in [-0.15, -0.1) is 0 Å². The number of rotatable bonds is 2. The van der Waals surface area contributed by atoms with Gasteiger partial charge in [0.05, 0.1) is 12.0 Å². The van der Waals surface area contributed by atoms with Crippen molar-refractivity contribution in [2.75, 3.05) is 13.1 Å². The lowest BCUT2D eigenvalue weighted by molar-refractivity contribution is 0.498. The van der Waals surface area contributed by atoms with Crippen LogP contribution in [0.5, 0.6) is 0 Å². The summed E-state index contributed by atoms with van der Waals surface area (Å²) >= 11 is 9.70. The van der Waals surface area contributed by atoms with Crippen LogP contribution >= 0.6 is 27.5 Å². The number of benzene rings is 1. The normalized spacial score (nSPS) is 22.9. The van der Waals surface area contributed by atoms with E-state index < -0.39 is 0 Å². The number of hydrogen-bond acceptors (Lipinski definition) is 2. The maximum absolute atomic E-state index is 6.11. The smallest absolute Gasteiger partial charge is 0.0994 e. The molecule has 1 aliphatic rings. The number of halogens is 2. The first-order valence-electron chi connectivity index (χ1n) is 6.29. The lowest BCUT2D eigenvalue weighted by Gasteiger charge is -2.24. The van der Waals surface area contributed by atoms with E-state index in [0.29, 0.717) is 0 Å². The first-order valence-corrected chi connectivity index (χ1v) is 7.46. The zero-order valence-electron chi connectivity index (χ0n) is 10.7. The molecule has 2 aromatic rings. The Morgan fingerprint density at radius 3 is 3.05 bits per heavy atom. The van der Waals surface area contributed by atoms with Gasteiger partial charge in [0, 0.05) is 33.3 Å². The third-order valence-electron chi connectivity index (χ3n) is 3.79. The largest absolute Gasteiger partial charge is 0.316 e. The van der Waals surface area contributed by atoms with Crippen molar-refractivity contribution < 1.29 is 0 Å². The summed E-state index contributed by atoms with van der Waals surface area (Å²) in [5.74, 6) is 0. The molecule has 2 heterocycles. The number of aromatic nitrogens is 2. The third-order valence-corrected chi connectivity index (χ3v) is 4.70. The van der Waals surface area contributed by atoms with E-state index in [2.05, 4.69) is 37.7 Å². The van der Waals surface area contributed by atoms with Gasteiger partial charge in [0.2, 0.25) is 0 Å². The van der Waals surface area contributed by atoms with Gasteiger partial charge in [-0.3, -0.25) is 0 Å². The summed E-state index contributed by atoms with van der Waals surface area (Å²) in [6.07, 6.45) is 4.94. The fourth-order valence-electron chi connectivity index (χ4n) is 2.64. The SMILES string of the molecule is CC1(c2cncn2-c2cc(Cl)ccc2Br)CCNC1. The van der Waals surface area contributed by atoms with E-state index in [1.165, 1.54) is 5.69 Å². The molecule has 0 bridgehead atoms. The van der Waals surface area contributed by atoms with E-state index in [1.54, 1.807) is 0 Å². The van der Waals surface area contributed by atoms with E-state index in [-0.39, 0.29) is 5.41 Å². The van der Waals surface area contributed by atoms with Crippen molar-refractivity contribution in [2.24, 2.45) is 0 Å². The molecule has 0 spiro atoms. The summed E-state index contributed by atoms with van der Waals surface area (Å²) in [7, 11) is 0. The molecule has 1 aromatic carbocycles. The number of nitrogens with one attached hydrogen (secondary N) is 1. The molecule has 1 saturated heterocycles. The van der Waals surface area contributed by atoms with Gasteiger partial charge in [0.15, 0.2) is 0 Å². The summed E-state index contributed by atoms with van der Waals surface area (Å²) in [6.45, 7) is 4.31. The zero-order valence-corrected chi connectivity index (χ0v) is 13.0. The Labute approximate surface area is 126 Å². The zero-order chi connectivity index (χ0) is 13.5. The first kappa shape index (κ1) is 13.2. The van der Waals surface area contributed by atoms with Gasteiger partial charge in [0.1, 0.15) is 0 Å². The van der Waals surface area contributed by atoms with Crippen LogP contribution in [0.15, 0.2) is 35.2 Å². The molecule has 5 heteroatoms. The highest BCUT2D eigenvalue weighted by Crippen LogP contribution is 2.33. The first-order chi connectivity index (χ1) is 9.10. The van der Waals surface area contributed by atoms with E-state index >= 15 is 0 Å². The van der Waals surface area contributed by atoms with Crippen LogP contribution in [0.3, 0.4) is 0 Å². The molecular formula is C14H15BrClN3. The molecule has 100 valence electrons. The van der Waals surface area contributed by atoms with Crippen molar-refractivity contribution in [3.05, 3.63) is 45.9 Å². The Hall–Kier alpha value is -0.840. The second-order valence-electron chi connectivity index (χ2n) is 5.23. The maximum Gasteiger partial charge on any atom is 0.0994 e. The summed E-state index contributed by atoms with van der Waals surface area (Å²) in [4.78, 5) is 4.33. The van der Waals surface area contributed by atoms with Gasteiger partial charge >= 0.3 is 0 Å². The van der Waals surface area contributed by atoms with Crippen LogP contribution in [0.4, 0.5) is 0 Å². The fourth-order valence-corrected chi connectivity index (χ4v) is 3.24. The molecular weight excluding hydrogens is 326 g/mol. The van der Waals surface area contributed by atoms with Crippen molar-refractivity contribution in [1.29, 1.82) is 0 Å². The molecule has 1 fully saturated rings. The minimum Gasteiger partial charge on any atom is -0.316 e. The Bertz CT molecular complexity index is 602. The van der Waals surface area contributed by atoms with Crippen molar-refractivity contribution in [3.8, 4) is 5.69 Å². The Balaban J connectivity index is 2.12. The highest BCUT2D eigenvalue weighted by Gasteiger charge is 2.33. The lowest BCUT2D eigenvalue weighted by atomic mass is 9.86. The van der Waals surface area contributed by atoms with E-state index in [9.17, 15) is 0 Å². The Kier molecular flexibility index (Phi) is 3.41. The molecule has 1 aromatic heterocycles. The van der Waals surface area contributed by atoms with Crippen LogP contribution in [-0.4, -0.2) is 22.6 Å². The average molecular weight is 341 g/mol. The van der Waals surface area contributed by atoms with E-state index in [0.717, 1.165) is 34.7 Å². The number of nitrogens with zero attached hydrogens (tertiary/aromatic N) is 2. The van der Waals surface area contributed by atoms with Gasteiger partial charge < -0.3 is 9.88 Å². The molecule has 1 atom stereocenters. The molecule has 0 radical (unpaired) electrons. The molecule has 1 unspecified atom stereocenters. The highest BCUT2D eigenvalue weighted by atomic mass is 79.9. The lowest BCUT2D eigenvalue weighted by Crippen LogP contribution is -2.27. The molecule has 1 aliphatic heterocycles. The van der Waals surface area contributed by atoms with E-state index in [4.69, 9.17) is 11.6 Å². The molecule has 0 aliphatic carbocycles. The van der Waals surface area contributed by atoms with Gasteiger partial charge in [-0.25, -0.2) is 4.98 Å². The van der Waals surface area contributed by atoms with Gasteiger partial charge in [-0.2, -0.15) is 0 Å². The minimum absolute atomic E-state index is 0.123. The average Bonchev–Trinajstić information content (AvgIpc) is 3.01. The Morgan fingerprint density at radius 2 is 2.32 bits per heavy atom. The predicted octanol–water partition coefficient (Wildman–Crippen LogP) is 3.54. The van der Waals surface area contributed by atoms with Crippen molar-refractivity contribution in [3.63, 3.8) is 0 Å². The number of imidazole rings is 1. The van der Waals surface area contributed by atoms with Gasteiger partial charge in [-0.1, -0.05) is 18.5 Å². The van der Waals surface area contributed by atoms with E-state index in [1.807, 2.05) is 30.7 Å². The second-order valence-corrected chi connectivity index (χ2v) is 6.52. The number of hydrogen-bond donors (Lipinski definition) is 1.